The van der Waals surface area contributed by atoms with Crippen molar-refractivity contribution < 1.29 is 4.74 Å². The van der Waals surface area contributed by atoms with Crippen LogP contribution in [0.2, 0.25) is 0 Å². The highest BCUT2D eigenvalue weighted by Crippen LogP contribution is 2.63. The molecule has 2 heteroatoms. The molecule has 0 N–H and O–H groups in total. The molecular formula is C54H37NO. The van der Waals surface area contributed by atoms with Crippen molar-refractivity contribution >= 4 is 32.6 Å². The fourth-order valence-corrected chi connectivity index (χ4v) is 11.5. The summed E-state index contributed by atoms with van der Waals surface area (Å²) in [4.78, 5) is 0. The van der Waals surface area contributed by atoms with Crippen LogP contribution in [0.5, 0.6) is 11.5 Å². The number of fused-ring (bicyclic) bond motifs is 19. The average molecular weight is 716 g/mol. The van der Waals surface area contributed by atoms with E-state index in [9.17, 15) is 0 Å². The Bertz CT molecular complexity index is 3180. The third-order valence-corrected chi connectivity index (χ3v) is 13.9. The maximum absolute atomic E-state index is 6.61. The first-order valence-corrected chi connectivity index (χ1v) is 19.9. The SMILES string of the molecule is CC1(C)C2C=CC1c1cc3c(cc12)c1c2ccccc2ccc1n3-c1cccc(-c2ccc3c(c2)C2(c4ccccc4Oc4ccccc42)c2ccccc2-3)c1. The maximum atomic E-state index is 6.61. The van der Waals surface area contributed by atoms with E-state index in [2.05, 4.69) is 194 Å². The van der Waals surface area contributed by atoms with Crippen molar-refractivity contribution in [3.05, 3.63) is 209 Å². The Kier molecular flexibility index (Phi) is 5.78. The summed E-state index contributed by atoms with van der Waals surface area (Å²) in [5, 5.41) is 5.26. The van der Waals surface area contributed by atoms with Crippen LogP contribution in [0.15, 0.2) is 176 Å². The lowest BCUT2D eigenvalue weighted by molar-refractivity contribution is 0.343. The van der Waals surface area contributed by atoms with Gasteiger partial charge in [-0.05, 0) is 109 Å². The fourth-order valence-electron chi connectivity index (χ4n) is 11.5. The molecule has 2 nitrogen and oxygen atoms in total. The van der Waals surface area contributed by atoms with Gasteiger partial charge in [0.1, 0.15) is 11.5 Å². The summed E-state index contributed by atoms with van der Waals surface area (Å²) in [5.74, 6) is 2.72. The van der Waals surface area contributed by atoms with Gasteiger partial charge in [0.05, 0.1) is 16.4 Å². The molecule has 3 aliphatic carbocycles. The molecule has 264 valence electrons. The van der Waals surface area contributed by atoms with Crippen molar-refractivity contribution in [1.82, 2.24) is 4.57 Å². The number of aromatic nitrogens is 1. The summed E-state index contributed by atoms with van der Waals surface area (Å²) in [7, 11) is 0. The van der Waals surface area contributed by atoms with E-state index in [-0.39, 0.29) is 5.41 Å². The first kappa shape index (κ1) is 30.7. The zero-order valence-electron chi connectivity index (χ0n) is 31.3. The Labute approximate surface area is 326 Å². The van der Waals surface area contributed by atoms with Crippen LogP contribution in [-0.2, 0) is 5.41 Å². The van der Waals surface area contributed by atoms with Crippen molar-refractivity contribution in [3.8, 4) is 39.4 Å². The van der Waals surface area contributed by atoms with Gasteiger partial charge < -0.3 is 9.30 Å². The molecule has 0 saturated carbocycles. The van der Waals surface area contributed by atoms with Gasteiger partial charge in [-0.25, -0.2) is 0 Å². The van der Waals surface area contributed by atoms with E-state index < -0.39 is 5.41 Å². The van der Waals surface area contributed by atoms with Crippen LogP contribution in [0.1, 0.15) is 59.1 Å². The topological polar surface area (TPSA) is 14.2 Å². The summed E-state index contributed by atoms with van der Waals surface area (Å²) in [5.41, 5.74) is 16.3. The van der Waals surface area contributed by atoms with Gasteiger partial charge in [-0.3, -0.25) is 0 Å². The molecule has 8 aromatic carbocycles. The summed E-state index contributed by atoms with van der Waals surface area (Å²) in [6, 6.07) is 61.1. The first-order valence-electron chi connectivity index (χ1n) is 19.9. The monoisotopic (exact) mass is 715 g/mol. The van der Waals surface area contributed by atoms with E-state index in [4.69, 9.17) is 4.74 Å². The molecule has 2 unspecified atom stereocenters. The molecule has 2 bridgehead atoms. The second-order valence-corrected chi connectivity index (χ2v) is 16.9. The molecular weight excluding hydrogens is 679 g/mol. The summed E-state index contributed by atoms with van der Waals surface area (Å²) >= 11 is 0. The first-order chi connectivity index (χ1) is 27.5. The molecule has 2 atom stereocenters. The predicted octanol–water partition coefficient (Wildman–Crippen LogP) is 13.8. The van der Waals surface area contributed by atoms with Crippen LogP contribution in [0, 0.1) is 5.41 Å². The maximum Gasteiger partial charge on any atom is 0.132 e. The van der Waals surface area contributed by atoms with Gasteiger partial charge in [-0.2, -0.15) is 0 Å². The minimum atomic E-state index is -0.499. The smallest absolute Gasteiger partial charge is 0.132 e. The average Bonchev–Trinajstić information content (AvgIpc) is 3.90. The second kappa shape index (κ2) is 10.6. The molecule has 9 aromatic rings. The number of benzene rings is 8. The Hall–Kier alpha value is -6.64. The standard InChI is InChI=1S/C54H37NO/c1-53(2)42-25-26-43(53)40-31-49-41(30-39(40)42)52-36-15-4-3-12-32(36)23-27-48(52)55(49)35-14-11-13-33(28-35)34-22-24-38-37-16-5-6-17-44(37)54(47(38)29-34)45-18-7-9-20-50(45)56-51-21-10-8-19-46(51)54/h3-31,42-43H,1-2H3. The second-order valence-electron chi connectivity index (χ2n) is 16.9. The van der Waals surface area contributed by atoms with Crippen molar-refractivity contribution in [2.24, 2.45) is 5.41 Å². The number of ether oxygens (including phenoxy) is 1. The number of nitrogens with zero attached hydrogens (tertiary/aromatic N) is 1. The van der Waals surface area contributed by atoms with Crippen LogP contribution in [-0.4, -0.2) is 4.57 Å². The minimum absolute atomic E-state index is 0.194. The molecule has 56 heavy (non-hydrogen) atoms. The minimum Gasteiger partial charge on any atom is -0.457 e. The van der Waals surface area contributed by atoms with Gasteiger partial charge in [0.25, 0.3) is 0 Å². The van der Waals surface area contributed by atoms with E-state index >= 15 is 0 Å². The Morgan fingerprint density at radius 3 is 1.95 bits per heavy atom. The Morgan fingerprint density at radius 2 is 1.14 bits per heavy atom. The third kappa shape index (κ3) is 3.68. The van der Waals surface area contributed by atoms with E-state index in [1.807, 2.05) is 0 Å². The number of allylic oxidation sites excluding steroid dienone is 2. The number of hydrogen-bond donors (Lipinski definition) is 0. The third-order valence-electron chi connectivity index (χ3n) is 13.9. The van der Waals surface area contributed by atoms with Crippen LogP contribution in [0.4, 0.5) is 0 Å². The molecule has 0 fully saturated rings. The number of hydrogen-bond acceptors (Lipinski definition) is 1. The molecule has 1 spiro atoms. The molecule has 4 aliphatic rings. The molecule has 13 rings (SSSR count). The number of para-hydroxylation sites is 2. The molecule has 2 heterocycles. The van der Waals surface area contributed by atoms with Gasteiger partial charge in [0, 0.05) is 39.4 Å². The van der Waals surface area contributed by atoms with E-state index in [1.54, 1.807) is 0 Å². The molecule has 0 saturated heterocycles. The molecule has 1 aliphatic heterocycles. The zero-order valence-corrected chi connectivity index (χ0v) is 31.3. The van der Waals surface area contributed by atoms with Gasteiger partial charge in [-0.1, -0.05) is 141 Å². The zero-order chi connectivity index (χ0) is 36.9. The van der Waals surface area contributed by atoms with Crippen LogP contribution >= 0.6 is 0 Å². The fraction of sp³-hybridized carbons (Fsp3) is 0.111. The van der Waals surface area contributed by atoms with E-state index in [1.165, 1.54) is 93.9 Å². The number of rotatable bonds is 2. The van der Waals surface area contributed by atoms with Crippen LogP contribution < -0.4 is 4.74 Å². The lowest BCUT2D eigenvalue weighted by atomic mass is 9.66. The van der Waals surface area contributed by atoms with Crippen LogP contribution in [0.3, 0.4) is 0 Å². The molecule has 0 radical (unpaired) electrons. The van der Waals surface area contributed by atoms with Gasteiger partial charge in [0.2, 0.25) is 0 Å². The highest BCUT2D eigenvalue weighted by Gasteiger charge is 2.51. The summed E-state index contributed by atoms with van der Waals surface area (Å²) < 4.78 is 9.14. The van der Waals surface area contributed by atoms with Gasteiger partial charge in [-0.15, -0.1) is 0 Å². The van der Waals surface area contributed by atoms with Crippen molar-refractivity contribution in [1.29, 1.82) is 0 Å². The van der Waals surface area contributed by atoms with Crippen molar-refractivity contribution in [2.45, 2.75) is 31.1 Å². The lowest BCUT2D eigenvalue weighted by Crippen LogP contribution is -2.32. The molecule has 1 aromatic heterocycles. The highest BCUT2D eigenvalue weighted by atomic mass is 16.5. The normalized spacial score (nSPS) is 18.5. The Morgan fingerprint density at radius 1 is 0.482 bits per heavy atom. The van der Waals surface area contributed by atoms with Crippen molar-refractivity contribution in [2.75, 3.05) is 0 Å². The highest BCUT2D eigenvalue weighted by molar-refractivity contribution is 6.21. The largest absolute Gasteiger partial charge is 0.457 e. The quantitative estimate of drug-likeness (QED) is 0.163. The summed E-state index contributed by atoms with van der Waals surface area (Å²) in [6.07, 6.45) is 4.91. The van der Waals surface area contributed by atoms with E-state index in [0.29, 0.717) is 11.8 Å². The van der Waals surface area contributed by atoms with Crippen molar-refractivity contribution in [3.63, 3.8) is 0 Å². The van der Waals surface area contributed by atoms with E-state index in [0.717, 1.165) is 11.5 Å². The van der Waals surface area contributed by atoms with Gasteiger partial charge >= 0.3 is 0 Å². The van der Waals surface area contributed by atoms with Crippen LogP contribution in [0.25, 0.3) is 60.5 Å². The predicted molar refractivity (Wildman–Crippen MR) is 230 cm³/mol. The van der Waals surface area contributed by atoms with Gasteiger partial charge in [0.15, 0.2) is 0 Å². The lowest BCUT2D eigenvalue weighted by Gasteiger charge is -2.39. The summed E-state index contributed by atoms with van der Waals surface area (Å²) in [6.45, 7) is 4.88. The molecule has 0 amide bonds. The Balaban J connectivity index is 1.05.